The molecule has 0 spiro atoms. The number of amidine groups is 1. The molecular weight excluding hydrogens is 518 g/mol. The zero-order valence-electron chi connectivity index (χ0n) is 21.2. The van der Waals surface area contributed by atoms with Gasteiger partial charge in [0.2, 0.25) is 5.88 Å². The predicted octanol–water partition coefficient (Wildman–Crippen LogP) is 6.09. The molecule has 11 heteroatoms. The molecule has 0 unspecified atom stereocenters. The molecule has 4 aromatic rings. The number of hydrogen-bond acceptors (Lipinski definition) is 8. The van der Waals surface area contributed by atoms with Gasteiger partial charge in [0, 0.05) is 29.2 Å². The summed E-state index contributed by atoms with van der Waals surface area (Å²) in [5.74, 6) is 1.35. The summed E-state index contributed by atoms with van der Waals surface area (Å²) in [5.41, 5.74) is 4.43. The van der Waals surface area contributed by atoms with Gasteiger partial charge in [0.05, 0.1) is 22.6 Å². The van der Waals surface area contributed by atoms with Gasteiger partial charge >= 0.3 is 0 Å². The van der Waals surface area contributed by atoms with Crippen LogP contribution >= 0.6 is 11.8 Å². The van der Waals surface area contributed by atoms with E-state index in [1.807, 2.05) is 62.4 Å². The summed E-state index contributed by atoms with van der Waals surface area (Å²) in [6, 6.07) is 19.5. The number of carbonyl (C=O) groups excluding carboxylic acids is 1. The molecule has 1 aliphatic heterocycles. The standard InChI is InChI=1S/C28H23N5O5S/c1-17-14-19(15-25-27(34)31-28(39-25)30-20-4-9-23(37-3)10-5-20)18(2)32(17)21-6-11-24(12-7-21)38-26-13-8-22(16-29-26)33(35)36/h4-16H,1-3H3,(H,30,31,34)/b25-15-. The lowest BCUT2D eigenvalue weighted by Gasteiger charge is -2.11. The van der Waals surface area contributed by atoms with E-state index >= 15 is 0 Å². The first-order chi connectivity index (χ1) is 18.8. The van der Waals surface area contributed by atoms with Gasteiger partial charge in [-0.25, -0.2) is 9.98 Å². The third-order valence-electron chi connectivity index (χ3n) is 5.96. The van der Waals surface area contributed by atoms with E-state index in [0.717, 1.165) is 40.3 Å². The molecule has 1 amide bonds. The van der Waals surface area contributed by atoms with Crippen LogP contribution in [-0.2, 0) is 4.79 Å². The molecule has 3 heterocycles. The fourth-order valence-corrected chi connectivity index (χ4v) is 4.88. The van der Waals surface area contributed by atoms with Gasteiger partial charge in [-0.3, -0.25) is 14.9 Å². The highest BCUT2D eigenvalue weighted by molar-refractivity contribution is 8.18. The fraction of sp³-hybridized carbons (Fsp3) is 0.107. The van der Waals surface area contributed by atoms with Gasteiger partial charge in [0.25, 0.3) is 11.6 Å². The van der Waals surface area contributed by atoms with Crippen molar-refractivity contribution in [1.29, 1.82) is 0 Å². The largest absolute Gasteiger partial charge is 0.497 e. The van der Waals surface area contributed by atoms with Crippen molar-refractivity contribution in [2.24, 2.45) is 4.99 Å². The van der Waals surface area contributed by atoms with E-state index < -0.39 is 4.92 Å². The highest BCUT2D eigenvalue weighted by Crippen LogP contribution is 2.31. The van der Waals surface area contributed by atoms with E-state index in [4.69, 9.17) is 9.47 Å². The summed E-state index contributed by atoms with van der Waals surface area (Å²) in [4.78, 5) is 32.0. The van der Waals surface area contributed by atoms with Gasteiger partial charge in [0.15, 0.2) is 5.17 Å². The minimum absolute atomic E-state index is 0.101. The Labute approximate surface area is 228 Å². The maximum absolute atomic E-state index is 12.6. The summed E-state index contributed by atoms with van der Waals surface area (Å²) in [5, 5.41) is 14.1. The number of pyridine rings is 1. The molecule has 0 atom stereocenters. The number of rotatable bonds is 7. The van der Waals surface area contributed by atoms with Crippen molar-refractivity contribution in [3.63, 3.8) is 0 Å². The van der Waals surface area contributed by atoms with Crippen LogP contribution in [-0.4, -0.2) is 32.7 Å². The monoisotopic (exact) mass is 541 g/mol. The van der Waals surface area contributed by atoms with E-state index in [-0.39, 0.29) is 17.5 Å². The Morgan fingerprint density at radius 1 is 1.05 bits per heavy atom. The summed E-state index contributed by atoms with van der Waals surface area (Å²) in [6.45, 7) is 3.99. The van der Waals surface area contributed by atoms with Gasteiger partial charge in [-0.2, -0.15) is 0 Å². The Bertz CT molecular complexity index is 1610. The number of ether oxygens (including phenoxy) is 2. The number of amides is 1. The number of aryl methyl sites for hydroxylation is 1. The molecule has 5 rings (SSSR count). The van der Waals surface area contributed by atoms with Crippen LogP contribution < -0.4 is 14.8 Å². The molecule has 0 bridgehead atoms. The number of carbonyl (C=O) groups is 1. The molecule has 39 heavy (non-hydrogen) atoms. The zero-order valence-corrected chi connectivity index (χ0v) is 22.1. The Morgan fingerprint density at radius 3 is 2.41 bits per heavy atom. The maximum atomic E-state index is 12.6. The maximum Gasteiger partial charge on any atom is 0.287 e. The molecule has 10 nitrogen and oxygen atoms in total. The lowest BCUT2D eigenvalue weighted by Crippen LogP contribution is -2.19. The summed E-state index contributed by atoms with van der Waals surface area (Å²) in [6.07, 6.45) is 3.02. The van der Waals surface area contributed by atoms with Crippen LogP contribution in [0.15, 0.2) is 82.8 Å². The number of hydrogen-bond donors (Lipinski definition) is 1. The number of nitrogens with zero attached hydrogens (tertiary/aromatic N) is 4. The molecule has 0 saturated carbocycles. The second kappa shape index (κ2) is 10.8. The molecule has 2 aromatic heterocycles. The van der Waals surface area contributed by atoms with Crippen molar-refractivity contribution in [2.45, 2.75) is 13.8 Å². The highest BCUT2D eigenvalue weighted by atomic mass is 32.2. The number of nitro groups is 1. The quantitative estimate of drug-likeness (QED) is 0.171. The first kappa shape index (κ1) is 25.7. The molecule has 0 aliphatic carbocycles. The van der Waals surface area contributed by atoms with Crippen LogP contribution in [0.25, 0.3) is 11.8 Å². The first-order valence-corrected chi connectivity index (χ1v) is 12.6. The van der Waals surface area contributed by atoms with Crippen LogP contribution in [0.4, 0.5) is 11.4 Å². The predicted molar refractivity (Wildman–Crippen MR) is 150 cm³/mol. The van der Waals surface area contributed by atoms with E-state index in [0.29, 0.717) is 15.8 Å². The van der Waals surface area contributed by atoms with Gasteiger partial charge < -0.3 is 19.4 Å². The topological polar surface area (TPSA) is 121 Å². The number of aromatic nitrogens is 2. The minimum atomic E-state index is -0.510. The normalized spacial score (nSPS) is 15.0. The van der Waals surface area contributed by atoms with Gasteiger partial charge in [0.1, 0.15) is 17.7 Å². The average molecular weight is 542 g/mol. The van der Waals surface area contributed by atoms with Crippen molar-refractivity contribution in [3.05, 3.63) is 105 Å². The Balaban J connectivity index is 1.32. The lowest BCUT2D eigenvalue weighted by atomic mass is 10.2. The molecule has 1 saturated heterocycles. The molecule has 1 N–H and O–H groups in total. The molecule has 2 aromatic carbocycles. The van der Waals surface area contributed by atoms with Crippen LogP contribution in [0, 0.1) is 24.0 Å². The molecule has 196 valence electrons. The average Bonchev–Trinajstić information content (AvgIpc) is 3.42. The first-order valence-electron chi connectivity index (χ1n) is 11.8. The van der Waals surface area contributed by atoms with Gasteiger partial charge in [-0.1, -0.05) is 0 Å². The minimum Gasteiger partial charge on any atom is -0.497 e. The number of aliphatic imine (C=N–C) groups is 1. The Morgan fingerprint density at radius 2 is 1.77 bits per heavy atom. The second-order valence-corrected chi connectivity index (χ2v) is 9.58. The lowest BCUT2D eigenvalue weighted by molar-refractivity contribution is -0.385. The smallest absolute Gasteiger partial charge is 0.287 e. The number of thioether (sulfide) groups is 1. The van der Waals surface area contributed by atoms with Crippen LogP contribution in [0.3, 0.4) is 0 Å². The van der Waals surface area contributed by atoms with Crippen LogP contribution in [0.5, 0.6) is 17.4 Å². The summed E-state index contributed by atoms with van der Waals surface area (Å²) >= 11 is 1.29. The van der Waals surface area contributed by atoms with Crippen LogP contribution in [0.1, 0.15) is 17.0 Å². The van der Waals surface area contributed by atoms with E-state index in [2.05, 4.69) is 19.9 Å². The van der Waals surface area contributed by atoms with Crippen molar-refractivity contribution in [1.82, 2.24) is 14.9 Å². The molecule has 0 radical (unpaired) electrons. The fourth-order valence-electron chi connectivity index (χ4n) is 4.05. The van der Waals surface area contributed by atoms with Crippen molar-refractivity contribution >= 4 is 40.3 Å². The van der Waals surface area contributed by atoms with E-state index in [9.17, 15) is 14.9 Å². The summed E-state index contributed by atoms with van der Waals surface area (Å²) in [7, 11) is 1.60. The number of nitrogens with one attached hydrogen (secondary N) is 1. The molecule has 1 aliphatic rings. The third-order valence-corrected chi connectivity index (χ3v) is 6.87. The van der Waals surface area contributed by atoms with E-state index in [1.165, 1.54) is 23.9 Å². The van der Waals surface area contributed by atoms with Crippen molar-refractivity contribution in [2.75, 3.05) is 7.11 Å². The second-order valence-electron chi connectivity index (χ2n) is 8.55. The number of methoxy groups -OCH3 is 1. The third kappa shape index (κ3) is 5.68. The SMILES string of the molecule is COc1ccc(N=C2NC(=O)/C(=C/c3cc(C)n(-c4ccc(Oc5ccc([N+](=O)[O-])cn5)cc4)c3C)S2)cc1. The van der Waals surface area contributed by atoms with Crippen molar-refractivity contribution < 1.29 is 19.2 Å². The van der Waals surface area contributed by atoms with Crippen LogP contribution in [0.2, 0.25) is 0 Å². The molecule has 1 fully saturated rings. The van der Waals surface area contributed by atoms with E-state index in [1.54, 1.807) is 19.2 Å². The molecular formula is C28H23N5O5S. The van der Waals surface area contributed by atoms with Crippen molar-refractivity contribution in [3.8, 4) is 23.1 Å². The highest BCUT2D eigenvalue weighted by Gasteiger charge is 2.24. The summed E-state index contributed by atoms with van der Waals surface area (Å²) < 4.78 is 13.0. The van der Waals surface area contributed by atoms with Gasteiger partial charge in [-0.15, -0.1) is 0 Å². The Kier molecular flexibility index (Phi) is 7.15. The van der Waals surface area contributed by atoms with Gasteiger partial charge in [-0.05, 0) is 91.8 Å². The Hall–Kier alpha value is -4.90. The number of benzene rings is 2. The zero-order chi connectivity index (χ0) is 27.5.